The Kier molecular flexibility index (Phi) is 5.42. The topological polar surface area (TPSA) is 64.3 Å². The van der Waals surface area contributed by atoms with Crippen molar-refractivity contribution in [1.82, 2.24) is 0 Å². The molecule has 0 bridgehead atoms. The van der Waals surface area contributed by atoms with Crippen LogP contribution in [-0.2, 0) is 17.6 Å². The van der Waals surface area contributed by atoms with Crippen molar-refractivity contribution in [3.05, 3.63) is 53.6 Å². The molecule has 3 N–H and O–H groups in total. The van der Waals surface area contributed by atoms with Gasteiger partial charge >= 0.3 is 0 Å². The van der Waals surface area contributed by atoms with Crippen LogP contribution >= 0.6 is 0 Å². The van der Waals surface area contributed by atoms with E-state index in [1.54, 1.807) is 6.07 Å². The molecule has 0 aromatic heterocycles. The van der Waals surface area contributed by atoms with Crippen LogP contribution in [0.1, 0.15) is 25.0 Å². The SMILES string of the molecule is CCOc1ccc(CC(=O)Nc2ccc(CC)c(N)c2)cc1. The Labute approximate surface area is 131 Å². The molecule has 0 radical (unpaired) electrons. The van der Waals surface area contributed by atoms with Crippen LogP contribution in [0.15, 0.2) is 42.5 Å². The van der Waals surface area contributed by atoms with Crippen LogP contribution in [0.25, 0.3) is 0 Å². The highest BCUT2D eigenvalue weighted by molar-refractivity contribution is 5.92. The number of ether oxygens (including phenoxy) is 1. The predicted octanol–water partition coefficient (Wildman–Crippen LogP) is 3.41. The number of carbonyl (C=O) groups is 1. The molecule has 0 aliphatic heterocycles. The fourth-order valence-electron chi connectivity index (χ4n) is 2.26. The summed E-state index contributed by atoms with van der Waals surface area (Å²) in [6.45, 7) is 4.63. The highest BCUT2D eigenvalue weighted by atomic mass is 16.5. The lowest BCUT2D eigenvalue weighted by molar-refractivity contribution is -0.115. The van der Waals surface area contributed by atoms with Gasteiger partial charge < -0.3 is 15.8 Å². The maximum atomic E-state index is 12.1. The van der Waals surface area contributed by atoms with Crippen molar-refractivity contribution in [2.45, 2.75) is 26.7 Å². The number of nitrogens with two attached hydrogens (primary N) is 1. The molecule has 0 heterocycles. The lowest BCUT2D eigenvalue weighted by atomic mass is 10.1. The average molecular weight is 298 g/mol. The number of nitrogens with one attached hydrogen (secondary N) is 1. The van der Waals surface area contributed by atoms with Crippen LogP contribution in [0, 0.1) is 0 Å². The fourth-order valence-corrected chi connectivity index (χ4v) is 2.26. The zero-order chi connectivity index (χ0) is 15.9. The number of anilines is 2. The van der Waals surface area contributed by atoms with Gasteiger partial charge in [-0.2, -0.15) is 0 Å². The Morgan fingerprint density at radius 2 is 1.86 bits per heavy atom. The van der Waals surface area contributed by atoms with Crippen molar-refractivity contribution in [2.24, 2.45) is 0 Å². The lowest BCUT2D eigenvalue weighted by Crippen LogP contribution is -2.14. The third kappa shape index (κ3) is 4.25. The summed E-state index contributed by atoms with van der Waals surface area (Å²) in [6, 6.07) is 13.2. The molecule has 1 amide bonds. The van der Waals surface area contributed by atoms with Crippen molar-refractivity contribution in [3.63, 3.8) is 0 Å². The highest BCUT2D eigenvalue weighted by Gasteiger charge is 2.06. The second-order valence-electron chi connectivity index (χ2n) is 5.07. The van der Waals surface area contributed by atoms with E-state index in [9.17, 15) is 4.79 Å². The zero-order valence-electron chi connectivity index (χ0n) is 13.1. The summed E-state index contributed by atoms with van der Waals surface area (Å²) in [5.41, 5.74) is 9.41. The van der Waals surface area contributed by atoms with Crippen molar-refractivity contribution < 1.29 is 9.53 Å². The first-order valence-electron chi connectivity index (χ1n) is 7.52. The van der Waals surface area contributed by atoms with Gasteiger partial charge in [-0.25, -0.2) is 0 Å². The molecule has 0 spiro atoms. The maximum Gasteiger partial charge on any atom is 0.228 e. The van der Waals surface area contributed by atoms with Gasteiger partial charge in [0.05, 0.1) is 13.0 Å². The minimum Gasteiger partial charge on any atom is -0.494 e. The normalized spacial score (nSPS) is 10.3. The Morgan fingerprint density at radius 3 is 2.45 bits per heavy atom. The Hall–Kier alpha value is -2.49. The predicted molar refractivity (Wildman–Crippen MR) is 90.2 cm³/mol. The lowest BCUT2D eigenvalue weighted by Gasteiger charge is -2.09. The van der Waals surface area contributed by atoms with Gasteiger partial charge in [0.2, 0.25) is 5.91 Å². The van der Waals surface area contributed by atoms with E-state index in [4.69, 9.17) is 10.5 Å². The number of nitrogen functional groups attached to an aromatic ring is 1. The molecule has 4 heteroatoms. The number of benzene rings is 2. The summed E-state index contributed by atoms with van der Waals surface area (Å²) in [4.78, 5) is 12.1. The van der Waals surface area contributed by atoms with Crippen LogP contribution in [0.2, 0.25) is 0 Å². The number of carbonyl (C=O) groups excluding carboxylic acids is 1. The Balaban J connectivity index is 1.96. The van der Waals surface area contributed by atoms with Crippen LogP contribution < -0.4 is 15.8 Å². The highest BCUT2D eigenvalue weighted by Crippen LogP contribution is 2.19. The van der Waals surface area contributed by atoms with E-state index in [0.717, 1.165) is 29.0 Å². The average Bonchev–Trinajstić information content (AvgIpc) is 2.50. The summed E-state index contributed by atoms with van der Waals surface area (Å²) in [5, 5.41) is 2.87. The van der Waals surface area contributed by atoms with Gasteiger partial charge in [0.15, 0.2) is 0 Å². The third-order valence-corrected chi connectivity index (χ3v) is 3.41. The molecule has 116 valence electrons. The Bertz CT molecular complexity index is 636. The molecular formula is C18H22N2O2. The number of amides is 1. The molecule has 0 aliphatic carbocycles. The number of hydrogen-bond donors (Lipinski definition) is 2. The van der Waals surface area contributed by atoms with Gasteiger partial charge in [-0.15, -0.1) is 0 Å². The first kappa shape index (κ1) is 15.9. The molecule has 22 heavy (non-hydrogen) atoms. The summed E-state index contributed by atoms with van der Waals surface area (Å²) in [6.07, 6.45) is 1.20. The summed E-state index contributed by atoms with van der Waals surface area (Å²) in [5.74, 6) is 0.752. The molecule has 0 saturated carbocycles. The van der Waals surface area contributed by atoms with Crippen LogP contribution in [0.4, 0.5) is 11.4 Å². The van der Waals surface area contributed by atoms with Gasteiger partial charge in [0, 0.05) is 11.4 Å². The van der Waals surface area contributed by atoms with E-state index in [1.165, 1.54) is 0 Å². The third-order valence-electron chi connectivity index (χ3n) is 3.41. The molecule has 4 nitrogen and oxygen atoms in total. The van der Waals surface area contributed by atoms with Crippen LogP contribution in [-0.4, -0.2) is 12.5 Å². The molecule has 0 saturated heterocycles. The zero-order valence-corrected chi connectivity index (χ0v) is 13.1. The van der Waals surface area contributed by atoms with Crippen molar-refractivity contribution in [3.8, 4) is 5.75 Å². The van der Waals surface area contributed by atoms with Crippen LogP contribution in [0.3, 0.4) is 0 Å². The molecule has 2 rings (SSSR count). The van der Waals surface area contributed by atoms with E-state index < -0.39 is 0 Å². The van der Waals surface area contributed by atoms with E-state index in [1.807, 2.05) is 43.3 Å². The standard InChI is InChI=1S/C18H22N2O2/c1-3-14-7-8-15(12-17(14)19)20-18(21)11-13-5-9-16(10-6-13)22-4-2/h5-10,12H,3-4,11,19H2,1-2H3,(H,20,21). The molecule has 0 atom stereocenters. The summed E-state index contributed by atoms with van der Waals surface area (Å²) >= 11 is 0. The van der Waals surface area contributed by atoms with Crippen molar-refractivity contribution in [1.29, 1.82) is 0 Å². The van der Waals surface area contributed by atoms with Gasteiger partial charge in [-0.05, 0) is 48.7 Å². The van der Waals surface area contributed by atoms with E-state index in [-0.39, 0.29) is 5.91 Å². The summed E-state index contributed by atoms with van der Waals surface area (Å²) in [7, 11) is 0. The quantitative estimate of drug-likeness (QED) is 0.803. The monoisotopic (exact) mass is 298 g/mol. The Morgan fingerprint density at radius 1 is 1.14 bits per heavy atom. The second-order valence-corrected chi connectivity index (χ2v) is 5.07. The minimum atomic E-state index is -0.0622. The molecule has 0 aliphatic rings. The number of aryl methyl sites for hydroxylation is 1. The first-order chi connectivity index (χ1) is 10.6. The fraction of sp³-hybridized carbons (Fsp3) is 0.278. The minimum absolute atomic E-state index is 0.0622. The largest absolute Gasteiger partial charge is 0.494 e. The maximum absolute atomic E-state index is 12.1. The van der Waals surface area contributed by atoms with Crippen molar-refractivity contribution >= 4 is 17.3 Å². The van der Waals surface area contributed by atoms with E-state index in [0.29, 0.717) is 18.7 Å². The molecule has 0 fully saturated rings. The molecule has 2 aromatic carbocycles. The smallest absolute Gasteiger partial charge is 0.228 e. The summed E-state index contributed by atoms with van der Waals surface area (Å²) < 4.78 is 5.38. The van der Waals surface area contributed by atoms with E-state index >= 15 is 0 Å². The van der Waals surface area contributed by atoms with Gasteiger partial charge in [0.1, 0.15) is 5.75 Å². The number of rotatable bonds is 6. The van der Waals surface area contributed by atoms with Gasteiger partial charge in [0.25, 0.3) is 0 Å². The van der Waals surface area contributed by atoms with Gasteiger partial charge in [-0.3, -0.25) is 4.79 Å². The second kappa shape index (κ2) is 7.50. The molecule has 0 unspecified atom stereocenters. The van der Waals surface area contributed by atoms with E-state index in [2.05, 4.69) is 12.2 Å². The first-order valence-corrected chi connectivity index (χ1v) is 7.52. The number of hydrogen-bond acceptors (Lipinski definition) is 3. The van der Waals surface area contributed by atoms with Crippen LogP contribution in [0.5, 0.6) is 5.75 Å². The molecule has 2 aromatic rings. The van der Waals surface area contributed by atoms with Gasteiger partial charge in [-0.1, -0.05) is 25.1 Å². The molecular weight excluding hydrogens is 276 g/mol. The van der Waals surface area contributed by atoms with Crippen molar-refractivity contribution in [2.75, 3.05) is 17.7 Å².